The van der Waals surface area contributed by atoms with E-state index in [1.165, 1.54) is 0 Å². The topological polar surface area (TPSA) is 54.8 Å². The van der Waals surface area contributed by atoms with Gasteiger partial charge in [-0.05, 0) is 55.0 Å². The lowest BCUT2D eigenvalue weighted by molar-refractivity contribution is 0.0365. The number of rotatable bonds is 8. The molecule has 2 saturated heterocycles. The summed E-state index contributed by atoms with van der Waals surface area (Å²) in [5, 5.41) is 4.34. The number of morpholine rings is 1. The monoisotopic (exact) mass is 477 g/mol. The summed E-state index contributed by atoms with van der Waals surface area (Å²) >= 11 is 5.87. The molecule has 2 aliphatic heterocycles. The number of aromatic nitrogens is 2. The number of thiocarbonyl (C=S) groups is 1. The highest BCUT2D eigenvalue weighted by Crippen LogP contribution is 2.40. The van der Waals surface area contributed by atoms with E-state index >= 15 is 0 Å². The van der Waals surface area contributed by atoms with Crippen molar-refractivity contribution in [1.82, 2.24) is 24.7 Å². The standard InChI is InChI=1S/C26H31N5O2S/c1-32-23-11-3-2-9-21(23)30-14-6-10-22(30)25-24(20-8-4-5-12-27-20)28-26(34)31(25)15-7-13-29-16-18-33-19-17-29/h2-6,8-12,14,24-25H,7,13,15-19H2,1H3,(H,28,34)/t24-,25+/m0/s1. The van der Waals surface area contributed by atoms with Gasteiger partial charge < -0.3 is 24.3 Å². The predicted molar refractivity (Wildman–Crippen MR) is 136 cm³/mol. The van der Waals surface area contributed by atoms with E-state index in [0.717, 1.165) is 73.8 Å². The molecular formula is C26H31N5O2S. The van der Waals surface area contributed by atoms with Crippen molar-refractivity contribution >= 4 is 17.3 Å². The van der Waals surface area contributed by atoms with Crippen LogP contribution in [0.3, 0.4) is 0 Å². The Morgan fingerprint density at radius 3 is 2.68 bits per heavy atom. The molecule has 3 aromatic rings. The molecule has 178 valence electrons. The molecular weight excluding hydrogens is 446 g/mol. The van der Waals surface area contributed by atoms with Gasteiger partial charge in [-0.3, -0.25) is 9.88 Å². The smallest absolute Gasteiger partial charge is 0.170 e. The van der Waals surface area contributed by atoms with Crippen LogP contribution >= 0.6 is 12.2 Å². The van der Waals surface area contributed by atoms with Crippen LogP contribution in [-0.4, -0.2) is 71.0 Å². The molecule has 7 nitrogen and oxygen atoms in total. The first kappa shape index (κ1) is 22.8. The second-order valence-electron chi connectivity index (χ2n) is 8.60. The van der Waals surface area contributed by atoms with Gasteiger partial charge in [0.2, 0.25) is 0 Å². The number of pyridine rings is 1. The third-order valence-corrected chi connectivity index (χ3v) is 6.96. The van der Waals surface area contributed by atoms with Crippen molar-refractivity contribution in [3.63, 3.8) is 0 Å². The highest BCUT2D eigenvalue weighted by molar-refractivity contribution is 7.80. The maximum atomic E-state index is 5.87. The molecule has 2 aliphatic rings. The van der Waals surface area contributed by atoms with Gasteiger partial charge in [0.1, 0.15) is 5.75 Å². The maximum absolute atomic E-state index is 5.87. The fourth-order valence-corrected chi connectivity index (χ4v) is 5.27. The Labute approximate surface area is 206 Å². The predicted octanol–water partition coefficient (Wildman–Crippen LogP) is 3.58. The summed E-state index contributed by atoms with van der Waals surface area (Å²) in [5.41, 5.74) is 3.15. The van der Waals surface area contributed by atoms with Gasteiger partial charge >= 0.3 is 0 Å². The molecule has 0 saturated carbocycles. The van der Waals surface area contributed by atoms with Crippen LogP contribution in [0.5, 0.6) is 5.75 Å². The van der Waals surface area contributed by atoms with Crippen molar-refractivity contribution in [2.75, 3.05) is 46.5 Å². The summed E-state index contributed by atoms with van der Waals surface area (Å²) in [6.45, 7) is 5.55. The second kappa shape index (κ2) is 10.5. The Balaban J connectivity index is 1.46. The molecule has 2 atom stereocenters. The minimum Gasteiger partial charge on any atom is -0.495 e. The van der Waals surface area contributed by atoms with E-state index in [2.05, 4.69) is 55.1 Å². The lowest BCUT2D eigenvalue weighted by Gasteiger charge is -2.31. The Bertz CT molecular complexity index is 1100. The van der Waals surface area contributed by atoms with Gasteiger partial charge in [0.15, 0.2) is 5.11 Å². The van der Waals surface area contributed by atoms with Crippen molar-refractivity contribution in [3.05, 3.63) is 78.4 Å². The molecule has 0 spiro atoms. The number of para-hydroxylation sites is 2. The van der Waals surface area contributed by atoms with Crippen LogP contribution in [0.4, 0.5) is 0 Å². The molecule has 5 rings (SSSR count). The van der Waals surface area contributed by atoms with Gasteiger partial charge in [-0.15, -0.1) is 0 Å². The number of methoxy groups -OCH3 is 1. The fourth-order valence-electron chi connectivity index (χ4n) is 4.94. The first-order chi connectivity index (χ1) is 16.8. The highest BCUT2D eigenvalue weighted by atomic mass is 32.1. The number of nitrogens with zero attached hydrogens (tertiary/aromatic N) is 4. The zero-order valence-electron chi connectivity index (χ0n) is 19.5. The average molecular weight is 478 g/mol. The SMILES string of the molecule is COc1ccccc1-n1cccc1[C@@H]1[C@H](c2ccccn2)NC(=S)N1CCCN1CCOCC1. The molecule has 0 aliphatic carbocycles. The molecule has 0 radical (unpaired) electrons. The minimum atomic E-state index is -0.0413. The van der Waals surface area contributed by atoms with Crippen molar-refractivity contribution in [2.45, 2.75) is 18.5 Å². The lowest BCUT2D eigenvalue weighted by Crippen LogP contribution is -2.39. The van der Waals surface area contributed by atoms with Gasteiger partial charge in [-0.1, -0.05) is 18.2 Å². The van der Waals surface area contributed by atoms with E-state index in [4.69, 9.17) is 21.7 Å². The van der Waals surface area contributed by atoms with Crippen LogP contribution in [0, 0.1) is 0 Å². The van der Waals surface area contributed by atoms with Crippen molar-refractivity contribution < 1.29 is 9.47 Å². The zero-order valence-corrected chi connectivity index (χ0v) is 20.3. The summed E-state index contributed by atoms with van der Waals surface area (Å²) in [4.78, 5) is 9.48. The van der Waals surface area contributed by atoms with Crippen LogP contribution < -0.4 is 10.1 Å². The fraction of sp³-hybridized carbons (Fsp3) is 0.385. The third kappa shape index (κ3) is 4.66. The number of benzene rings is 1. The van der Waals surface area contributed by atoms with Crippen LogP contribution in [0.25, 0.3) is 5.69 Å². The van der Waals surface area contributed by atoms with E-state index in [-0.39, 0.29) is 12.1 Å². The molecule has 2 aromatic heterocycles. The van der Waals surface area contributed by atoms with Crippen molar-refractivity contribution in [1.29, 1.82) is 0 Å². The average Bonchev–Trinajstić information content (AvgIpc) is 3.49. The van der Waals surface area contributed by atoms with Gasteiger partial charge in [0.25, 0.3) is 0 Å². The van der Waals surface area contributed by atoms with Crippen molar-refractivity contribution in [2.24, 2.45) is 0 Å². The van der Waals surface area contributed by atoms with E-state index in [1.54, 1.807) is 7.11 Å². The third-order valence-electron chi connectivity index (χ3n) is 6.60. The first-order valence-electron chi connectivity index (χ1n) is 11.8. The molecule has 4 heterocycles. The minimum absolute atomic E-state index is 0.00648. The van der Waals surface area contributed by atoms with Gasteiger partial charge in [-0.25, -0.2) is 0 Å². The Kier molecular flexibility index (Phi) is 7.08. The summed E-state index contributed by atoms with van der Waals surface area (Å²) in [5.74, 6) is 0.835. The van der Waals surface area contributed by atoms with E-state index in [9.17, 15) is 0 Å². The number of hydrogen-bond acceptors (Lipinski definition) is 5. The Morgan fingerprint density at radius 2 is 1.88 bits per heavy atom. The molecule has 1 aromatic carbocycles. The normalized spacial score (nSPS) is 21.0. The van der Waals surface area contributed by atoms with Gasteiger partial charge in [0, 0.05) is 44.3 Å². The van der Waals surface area contributed by atoms with E-state index < -0.39 is 0 Å². The summed E-state index contributed by atoms with van der Waals surface area (Å²) < 4.78 is 13.4. The zero-order chi connectivity index (χ0) is 23.3. The van der Waals surface area contributed by atoms with E-state index in [0.29, 0.717) is 0 Å². The van der Waals surface area contributed by atoms with E-state index in [1.807, 2.05) is 36.5 Å². The second-order valence-corrected chi connectivity index (χ2v) is 8.99. The molecule has 34 heavy (non-hydrogen) atoms. The van der Waals surface area contributed by atoms with Crippen LogP contribution in [0.1, 0.15) is 29.9 Å². The molecule has 0 unspecified atom stereocenters. The van der Waals surface area contributed by atoms with Crippen molar-refractivity contribution in [3.8, 4) is 11.4 Å². The molecule has 0 amide bonds. The number of ether oxygens (including phenoxy) is 2. The van der Waals surface area contributed by atoms with Gasteiger partial charge in [0.05, 0.1) is 43.8 Å². The van der Waals surface area contributed by atoms with Crippen LogP contribution in [-0.2, 0) is 4.74 Å². The highest BCUT2D eigenvalue weighted by Gasteiger charge is 2.41. The summed E-state index contributed by atoms with van der Waals surface area (Å²) in [7, 11) is 1.71. The maximum Gasteiger partial charge on any atom is 0.170 e. The molecule has 0 bridgehead atoms. The molecule has 8 heteroatoms. The first-order valence-corrected chi connectivity index (χ1v) is 12.3. The number of hydrogen-bond donors (Lipinski definition) is 1. The Morgan fingerprint density at radius 1 is 1.06 bits per heavy atom. The van der Waals surface area contributed by atoms with Crippen LogP contribution in [0.2, 0.25) is 0 Å². The molecule has 1 N–H and O–H groups in total. The Hall–Kier alpha value is -2.94. The molecule has 2 fully saturated rings. The largest absolute Gasteiger partial charge is 0.495 e. The summed E-state index contributed by atoms with van der Waals surface area (Å²) in [6, 6.07) is 18.4. The number of nitrogens with one attached hydrogen (secondary N) is 1. The van der Waals surface area contributed by atoms with Crippen LogP contribution in [0.15, 0.2) is 67.0 Å². The lowest BCUT2D eigenvalue weighted by atomic mass is 10.0. The quantitative estimate of drug-likeness (QED) is 0.498. The summed E-state index contributed by atoms with van der Waals surface area (Å²) in [6.07, 6.45) is 4.97. The van der Waals surface area contributed by atoms with Gasteiger partial charge in [-0.2, -0.15) is 0 Å².